The molecule has 7 nitrogen and oxygen atoms in total. The second kappa shape index (κ2) is 14.4. The lowest BCUT2D eigenvalue weighted by molar-refractivity contribution is -0.140. The highest BCUT2D eigenvalue weighted by atomic mass is 35.5. The molecule has 10 heteroatoms. The normalized spacial score (nSPS) is 11.9. The maximum absolute atomic E-state index is 14.3. The van der Waals surface area contributed by atoms with Crippen molar-refractivity contribution in [3.05, 3.63) is 130 Å². The predicted octanol–water partition coefficient (Wildman–Crippen LogP) is 5.96. The average molecular weight is 625 g/mol. The number of amides is 2. The van der Waals surface area contributed by atoms with Crippen LogP contribution in [0.5, 0.6) is 0 Å². The second-order valence-corrected chi connectivity index (χ2v) is 12.3. The summed E-state index contributed by atoms with van der Waals surface area (Å²) in [7, 11) is -4.17. The molecule has 4 aromatic rings. The molecule has 0 aliphatic heterocycles. The van der Waals surface area contributed by atoms with Gasteiger partial charge in [0.2, 0.25) is 11.8 Å². The fourth-order valence-electron chi connectivity index (χ4n) is 4.53. The zero-order chi connectivity index (χ0) is 30.1. The number of benzene rings is 4. The molecule has 0 radical (unpaired) electrons. The number of anilines is 1. The van der Waals surface area contributed by atoms with E-state index in [2.05, 4.69) is 5.32 Å². The van der Waals surface area contributed by atoms with Gasteiger partial charge in [0, 0.05) is 29.6 Å². The largest absolute Gasteiger partial charge is 0.355 e. The van der Waals surface area contributed by atoms with Crippen LogP contribution in [-0.2, 0) is 32.6 Å². The summed E-state index contributed by atoms with van der Waals surface area (Å²) in [4.78, 5) is 29.2. The highest BCUT2D eigenvalue weighted by Gasteiger charge is 2.34. The van der Waals surface area contributed by atoms with Crippen LogP contribution in [-0.4, -0.2) is 44.3 Å². The number of likely N-dealkylation sites (N-methyl/N-ethyl adjacent to an activating group) is 1. The molecule has 218 valence electrons. The van der Waals surface area contributed by atoms with Gasteiger partial charge < -0.3 is 10.2 Å². The van der Waals surface area contributed by atoms with Gasteiger partial charge in [-0.2, -0.15) is 0 Å². The van der Waals surface area contributed by atoms with Gasteiger partial charge in [-0.15, -0.1) is 0 Å². The number of nitrogens with zero attached hydrogens (tertiary/aromatic N) is 2. The van der Waals surface area contributed by atoms with E-state index < -0.39 is 28.5 Å². The van der Waals surface area contributed by atoms with Crippen LogP contribution in [0.15, 0.2) is 114 Å². The van der Waals surface area contributed by atoms with Crippen molar-refractivity contribution in [2.24, 2.45) is 0 Å². The molecule has 0 saturated carbocycles. The Bertz CT molecular complexity index is 1600. The summed E-state index contributed by atoms with van der Waals surface area (Å²) in [5.74, 6) is -0.905. The van der Waals surface area contributed by atoms with Crippen LogP contribution in [0.2, 0.25) is 10.0 Å². The van der Waals surface area contributed by atoms with Gasteiger partial charge in [-0.3, -0.25) is 13.9 Å². The van der Waals surface area contributed by atoms with Crippen molar-refractivity contribution < 1.29 is 18.0 Å². The van der Waals surface area contributed by atoms with Gasteiger partial charge >= 0.3 is 0 Å². The molecule has 0 heterocycles. The van der Waals surface area contributed by atoms with Crippen molar-refractivity contribution in [2.45, 2.75) is 30.8 Å². The summed E-state index contributed by atoms with van der Waals surface area (Å²) in [5, 5.41) is 3.74. The van der Waals surface area contributed by atoms with Gasteiger partial charge in [-0.25, -0.2) is 8.42 Å². The Morgan fingerprint density at radius 2 is 1.40 bits per heavy atom. The first-order valence-electron chi connectivity index (χ1n) is 13.4. The van der Waals surface area contributed by atoms with Crippen LogP contribution in [0, 0.1) is 0 Å². The lowest BCUT2D eigenvalue weighted by atomic mass is 10.0. The molecule has 0 bridgehead atoms. The Morgan fingerprint density at radius 3 is 2.02 bits per heavy atom. The number of carbonyl (C=O) groups excluding carboxylic acids is 2. The third-order valence-electron chi connectivity index (χ3n) is 6.59. The van der Waals surface area contributed by atoms with E-state index >= 15 is 0 Å². The molecule has 0 aliphatic carbocycles. The van der Waals surface area contributed by atoms with E-state index in [-0.39, 0.29) is 29.5 Å². The van der Waals surface area contributed by atoms with Gasteiger partial charge in [-0.1, -0.05) is 83.9 Å². The van der Waals surface area contributed by atoms with E-state index in [1.165, 1.54) is 17.0 Å². The molecule has 42 heavy (non-hydrogen) atoms. The van der Waals surface area contributed by atoms with Crippen LogP contribution in [0.4, 0.5) is 5.69 Å². The zero-order valence-corrected chi connectivity index (χ0v) is 25.3. The van der Waals surface area contributed by atoms with Gasteiger partial charge in [0.25, 0.3) is 10.0 Å². The monoisotopic (exact) mass is 623 g/mol. The average Bonchev–Trinajstić information content (AvgIpc) is 2.99. The Balaban J connectivity index is 1.78. The second-order valence-electron chi connectivity index (χ2n) is 9.55. The molecular weight excluding hydrogens is 593 g/mol. The summed E-state index contributed by atoms with van der Waals surface area (Å²) in [6.07, 6.45) is 0.228. The highest BCUT2D eigenvalue weighted by Crippen LogP contribution is 2.26. The molecule has 1 N–H and O–H groups in total. The SMILES string of the molecule is CCNC(=O)[C@H](Cc1ccccc1)N(Cc1cccc(Cl)c1)C(=O)CN(c1ccc(Cl)cc1)S(=O)(=O)c1ccccc1. The number of nitrogens with one attached hydrogen (secondary N) is 1. The third-order valence-corrected chi connectivity index (χ3v) is 8.86. The van der Waals surface area contributed by atoms with Crippen molar-refractivity contribution in [3.8, 4) is 0 Å². The minimum Gasteiger partial charge on any atom is -0.355 e. The summed E-state index contributed by atoms with van der Waals surface area (Å²) < 4.78 is 28.8. The first kappa shape index (κ1) is 31.1. The van der Waals surface area contributed by atoms with E-state index in [1.807, 2.05) is 30.3 Å². The summed E-state index contributed by atoms with van der Waals surface area (Å²) in [6, 6.07) is 29.5. The number of rotatable bonds is 12. The number of hydrogen-bond donors (Lipinski definition) is 1. The molecule has 0 aromatic heterocycles. The first-order chi connectivity index (χ1) is 20.2. The van der Waals surface area contributed by atoms with Crippen molar-refractivity contribution in [1.82, 2.24) is 10.2 Å². The zero-order valence-electron chi connectivity index (χ0n) is 23.0. The van der Waals surface area contributed by atoms with Gasteiger partial charge in [0.05, 0.1) is 10.6 Å². The minimum atomic E-state index is -4.17. The van der Waals surface area contributed by atoms with E-state index in [1.54, 1.807) is 73.7 Å². The van der Waals surface area contributed by atoms with Gasteiger partial charge in [-0.05, 0) is 66.6 Å². The topological polar surface area (TPSA) is 86.8 Å². The van der Waals surface area contributed by atoms with Crippen molar-refractivity contribution in [3.63, 3.8) is 0 Å². The molecular formula is C32H31Cl2N3O4S. The van der Waals surface area contributed by atoms with E-state index in [0.29, 0.717) is 22.2 Å². The van der Waals surface area contributed by atoms with Crippen LogP contribution >= 0.6 is 23.2 Å². The van der Waals surface area contributed by atoms with Crippen LogP contribution < -0.4 is 9.62 Å². The number of hydrogen-bond acceptors (Lipinski definition) is 4. The van der Waals surface area contributed by atoms with Gasteiger partial charge in [0.1, 0.15) is 12.6 Å². The van der Waals surface area contributed by atoms with Gasteiger partial charge in [0.15, 0.2) is 0 Å². The Labute approximate surface area is 256 Å². The molecule has 0 fully saturated rings. The molecule has 0 saturated heterocycles. The van der Waals surface area contributed by atoms with Crippen LogP contribution in [0.3, 0.4) is 0 Å². The van der Waals surface area contributed by atoms with E-state index in [0.717, 1.165) is 9.87 Å². The molecule has 2 amide bonds. The Morgan fingerprint density at radius 1 is 0.786 bits per heavy atom. The molecule has 0 spiro atoms. The van der Waals surface area contributed by atoms with Crippen LogP contribution in [0.1, 0.15) is 18.1 Å². The first-order valence-corrected chi connectivity index (χ1v) is 15.6. The number of halogens is 2. The van der Waals surface area contributed by atoms with Crippen molar-refractivity contribution in [1.29, 1.82) is 0 Å². The maximum atomic E-state index is 14.3. The summed E-state index contributed by atoms with van der Waals surface area (Å²) in [5.41, 5.74) is 1.81. The molecule has 0 aliphatic rings. The molecule has 1 atom stereocenters. The Kier molecular flexibility index (Phi) is 10.6. The van der Waals surface area contributed by atoms with Crippen molar-refractivity contribution in [2.75, 3.05) is 17.4 Å². The number of carbonyl (C=O) groups is 2. The predicted molar refractivity (Wildman–Crippen MR) is 167 cm³/mol. The quantitative estimate of drug-likeness (QED) is 0.211. The fourth-order valence-corrected chi connectivity index (χ4v) is 6.31. The lowest BCUT2D eigenvalue weighted by Crippen LogP contribution is -2.53. The number of sulfonamides is 1. The summed E-state index contributed by atoms with van der Waals surface area (Å²) in [6.45, 7) is 1.65. The third kappa shape index (κ3) is 7.91. The van der Waals surface area contributed by atoms with Crippen molar-refractivity contribution >= 4 is 50.7 Å². The summed E-state index contributed by atoms with van der Waals surface area (Å²) >= 11 is 12.3. The smallest absolute Gasteiger partial charge is 0.264 e. The minimum absolute atomic E-state index is 0.0266. The fraction of sp³-hybridized carbons (Fsp3) is 0.188. The molecule has 4 rings (SSSR count). The standard InChI is InChI=1S/C32H31Cl2N3O4S/c1-2-35-32(39)30(21-24-10-5-3-6-11-24)36(22-25-12-9-13-27(34)20-25)31(38)23-37(28-18-16-26(33)17-19-28)42(40,41)29-14-7-4-8-15-29/h3-20,30H,2,21-23H2,1H3,(H,35,39)/t30-/m0/s1. The highest BCUT2D eigenvalue weighted by molar-refractivity contribution is 7.92. The Hall–Kier alpha value is -3.85. The molecule has 4 aromatic carbocycles. The molecule has 0 unspecified atom stereocenters. The van der Waals surface area contributed by atoms with Crippen LogP contribution in [0.25, 0.3) is 0 Å². The maximum Gasteiger partial charge on any atom is 0.264 e. The lowest BCUT2D eigenvalue weighted by Gasteiger charge is -2.33. The van der Waals surface area contributed by atoms with E-state index in [4.69, 9.17) is 23.2 Å². The van der Waals surface area contributed by atoms with E-state index in [9.17, 15) is 18.0 Å².